The van der Waals surface area contributed by atoms with Crippen molar-refractivity contribution in [2.24, 2.45) is 0 Å². The molecule has 0 spiro atoms. The lowest BCUT2D eigenvalue weighted by molar-refractivity contribution is 0.168. The van der Waals surface area contributed by atoms with E-state index in [-0.39, 0.29) is 0 Å². The highest BCUT2D eigenvalue weighted by molar-refractivity contribution is 9.11. The molecule has 0 unspecified atom stereocenters. The average molecular weight is 372 g/mol. The predicted octanol–water partition coefficient (Wildman–Crippen LogP) is 2.64. The molecule has 90 valence electrons. The third-order valence-corrected chi connectivity index (χ3v) is 6.80. The molecule has 0 aliphatic carbocycles. The summed E-state index contributed by atoms with van der Waals surface area (Å²) in [5, 5.41) is 10.0. The van der Waals surface area contributed by atoms with Gasteiger partial charge in [-0.1, -0.05) is 44.0 Å². The molecule has 0 aromatic heterocycles. The van der Waals surface area contributed by atoms with Crippen molar-refractivity contribution in [2.75, 3.05) is 6.26 Å². The predicted molar refractivity (Wildman–Crippen MR) is 71.3 cm³/mol. The molecule has 0 saturated heterocycles. The maximum Gasteiger partial charge on any atom is 0.165 e. The van der Waals surface area contributed by atoms with Crippen LogP contribution in [0.3, 0.4) is 0 Å². The molecular formula is C10H12Br2O3S. The fourth-order valence-electron chi connectivity index (χ4n) is 1.15. The van der Waals surface area contributed by atoms with Gasteiger partial charge < -0.3 is 5.11 Å². The Morgan fingerprint density at radius 3 is 2.12 bits per heavy atom. The zero-order chi connectivity index (χ0) is 12.6. The van der Waals surface area contributed by atoms with Crippen molar-refractivity contribution in [3.63, 3.8) is 0 Å². The molecule has 1 aromatic carbocycles. The molecule has 0 bridgehead atoms. The lowest BCUT2D eigenvalue weighted by Gasteiger charge is -2.26. The van der Waals surface area contributed by atoms with Crippen LogP contribution in [0, 0.1) is 0 Å². The molecule has 1 N–H and O–H groups in total. The summed E-state index contributed by atoms with van der Waals surface area (Å²) in [6, 6.07) is 6.87. The summed E-state index contributed by atoms with van der Waals surface area (Å²) in [4.78, 5) is 0. The summed E-state index contributed by atoms with van der Waals surface area (Å²) in [6.45, 7) is 1.44. The average Bonchev–Trinajstić information content (AvgIpc) is 2.16. The van der Waals surface area contributed by atoms with Crippen LogP contribution in [0.2, 0.25) is 0 Å². The highest BCUT2D eigenvalue weighted by Crippen LogP contribution is 2.38. The molecule has 1 aromatic rings. The summed E-state index contributed by atoms with van der Waals surface area (Å²) < 4.78 is 22.5. The Morgan fingerprint density at radius 1 is 1.31 bits per heavy atom. The minimum absolute atomic E-state index is 0.549. The van der Waals surface area contributed by atoms with E-state index in [9.17, 15) is 13.5 Å². The van der Waals surface area contributed by atoms with Crippen LogP contribution in [0.25, 0.3) is 0 Å². The standard InChI is InChI=1S/C10H12Br2O3S/c1-10(12,16(2,14)15)9(13)7-3-5-8(11)6-4-7/h3-6,9,13H,1-2H3/t9-,10-/m1/s1. The molecule has 16 heavy (non-hydrogen) atoms. The third kappa shape index (κ3) is 2.85. The van der Waals surface area contributed by atoms with E-state index in [1.54, 1.807) is 24.3 Å². The minimum atomic E-state index is -3.40. The van der Waals surface area contributed by atoms with E-state index < -0.39 is 19.6 Å². The monoisotopic (exact) mass is 370 g/mol. The number of aliphatic hydroxyl groups is 1. The molecule has 0 aliphatic heterocycles. The van der Waals surface area contributed by atoms with Gasteiger partial charge in [0.2, 0.25) is 0 Å². The second-order valence-electron chi connectivity index (χ2n) is 3.71. The van der Waals surface area contributed by atoms with Gasteiger partial charge in [-0.15, -0.1) is 0 Å². The summed E-state index contributed by atoms with van der Waals surface area (Å²) >= 11 is 6.35. The van der Waals surface area contributed by atoms with E-state index in [1.165, 1.54) is 6.92 Å². The molecule has 0 amide bonds. The Kier molecular flexibility index (Phi) is 4.21. The van der Waals surface area contributed by atoms with Gasteiger partial charge in [0, 0.05) is 10.7 Å². The normalized spacial score (nSPS) is 17.8. The van der Waals surface area contributed by atoms with Crippen molar-refractivity contribution in [1.29, 1.82) is 0 Å². The quantitative estimate of drug-likeness (QED) is 0.831. The van der Waals surface area contributed by atoms with Gasteiger partial charge in [-0.25, -0.2) is 8.42 Å². The van der Waals surface area contributed by atoms with Crippen LogP contribution in [0.5, 0.6) is 0 Å². The first kappa shape index (κ1) is 14.2. The Bertz CT molecular complexity index is 465. The number of sulfone groups is 1. The van der Waals surface area contributed by atoms with Crippen LogP contribution >= 0.6 is 31.9 Å². The van der Waals surface area contributed by atoms with E-state index in [1.807, 2.05) is 0 Å². The largest absolute Gasteiger partial charge is 0.386 e. The number of aliphatic hydroxyl groups excluding tert-OH is 1. The molecular weight excluding hydrogens is 360 g/mol. The van der Waals surface area contributed by atoms with Crippen molar-refractivity contribution < 1.29 is 13.5 Å². The van der Waals surface area contributed by atoms with E-state index in [0.717, 1.165) is 10.7 Å². The van der Waals surface area contributed by atoms with Gasteiger partial charge in [0.25, 0.3) is 0 Å². The minimum Gasteiger partial charge on any atom is -0.386 e. The molecule has 1 rings (SSSR count). The van der Waals surface area contributed by atoms with Gasteiger partial charge in [-0.3, -0.25) is 0 Å². The molecule has 0 radical (unpaired) electrons. The molecule has 0 fully saturated rings. The highest BCUT2D eigenvalue weighted by Gasteiger charge is 2.41. The van der Waals surface area contributed by atoms with Gasteiger partial charge in [-0.05, 0) is 24.6 Å². The van der Waals surface area contributed by atoms with Crippen LogP contribution < -0.4 is 0 Å². The van der Waals surface area contributed by atoms with Crippen LogP contribution in [0.4, 0.5) is 0 Å². The lowest BCUT2D eigenvalue weighted by atomic mass is 10.1. The van der Waals surface area contributed by atoms with E-state index in [0.29, 0.717) is 5.56 Å². The molecule has 0 saturated carbocycles. The van der Waals surface area contributed by atoms with Gasteiger partial charge in [0.05, 0.1) is 0 Å². The van der Waals surface area contributed by atoms with Crippen molar-refractivity contribution in [2.45, 2.75) is 16.7 Å². The van der Waals surface area contributed by atoms with Gasteiger partial charge in [0.15, 0.2) is 13.5 Å². The Hall–Kier alpha value is 0.0900. The topological polar surface area (TPSA) is 54.4 Å². The van der Waals surface area contributed by atoms with Crippen LogP contribution in [0.1, 0.15) is 18.6 Å². The molecule has 3 nitrogen and oxygen atoms in total. The van der Waals surface area contributed by atoms with Crippen molar-refractivity contribution in [1.82, 2.24) is 0 Å². The highest BCUT2D eigenvalue weighted by atomic mass is 79.9. The van der Waals surface area contributed by atoms with Crippen molar-refractivity contribution in [3.8, 4) is 0 Å². The van der Waals surface area contributed by atoms with Gasteiger partial charge in [0.1, 0.15) is 6.10 Å². The summed E-state index contributed by atoms with van der Waals surface area (Å²) in [5.74, 6) is 0. The van der Waals surface area contributed by atoms with E-state index >= 15 is 0 Å². The number of alkyl halides is 1. The second-order valence-corrected chi connectivity index (χ2v) is 9.19. The summed E-state index contributed by atoms with van der Waals surface area (Å²) in [7, 11) is -3.40. The number of hydrogen-bond acceptors (Lipinski definition) is 3. The maximum absolute atomic E-state index is 11.5. The summed E-state index contributed by atoms with van der Waals surface area (Å²) in [5.41, 5.74) is 0.549. The fraction of sp³-hybridized carbons (Fsp3) is 0.400. The first-order valence-corrected chi connectivity index (χ1v) is 7.96. The third-order valence-electron chi connectivity index (χ3n) is 2.40. The Labute approximate surface area is 112 Å². The van der Waals surface area contributed by atoms with E-state index in [4.69, 9.17) is 0 Å². The zero-order valence-corrected chi connectivity index (χ0v) is 12.8. The first-order chi connectivity index (χ1) is 7.16. The molecule has 2 atom stereocenters. The number of halogens is 2. The number of rotatable bonds is 3. The van der Waals surface area contributed by atoms with Crippen LogP contribution in [-0.2, 0) is 9.84 Å². The fourth-order valence-corrected chi connectivity index (χ4v) is 2.22. The lowest BCUT2D eigenvalue weighted by Crippen LogP contribution is -2.34. The molecule has 6 heteroatoms. The van der Waals surface area contributed by atoms with Crippen LogP contribution in [0.15, 0.2) is 28.7 Å². The smallest absolute Gasteiger partial charge is 0.165 e. The SMILES string of the molecule is C[C@](Br)([C@H](O)c1ccc(Br)cc1)S(C)(=O)=O. The number of hydrogen-bond donors (Lipinski definition) is 1. The Balaban J connectivity index is 3.12. The number of benzene rings is 1. The Morgan fingerprint density at radius 2 is 1.75 bits per heavy atom. The van der Waals surface area contributed by atoms with Crippen LogP contribution in [-0.4, -0.2) is 23.4 Å². The van der Waals surface area contributed by atoms with Crippen molar-refractivity contribution >= 4 is 41.7 Å². The molecule has 0 heterocycles. The molecule has 0 aliphatic rings. The van der Waals surface area contributed by atoms with Crippen molar-refractivity contribution in [3.05, 3.63) is 34.3 Å². The first-order valence-electron chi connectivity index (χ1n) is 4.48. The van der Waals surface area contributed by atoms with Gasteiger partial charge in [-0.2, -0.15) is 0 Å². The zero-order valence-electron chi connectivity index (χ0n) is 8.81. The van der Waals surface area contributed by atoms with E-state index in [2.05, 4.69) is 31.9 Å². The maximum atomic E-state index is 11.5. The van der Waals surface area contributed by atoms with Gasteiger partial charge >= 0.3 is 0 Å². The summed E-state index contributed by atoms with van der Waals surface area (Å²) in [6.07, 6.45) is -0.0281. The second kappa shape index (κ2) is 4.76.